The Kier molecular flexibility index (Phi) is 3.69. The molecule has 0 spiro atoms. The Morgan fingerprint density at radius 2 is 2.33 bits per heavy atom. The molecule has 0 amide bonds. The first-order valence-electron chi connectivity index (χ1n) is 4.17. The Morgan fingerprint density at radius 1 is 1.60 bits per heavy atom. The van der Waals surface area contributed by atoms with Crippen LogP contribution in [-0.2, 0) is 4.79 Å². The predicted octanol–water partition coefficient (Wildman–Crippen LogP) is 1.66. The Morgan fingerprint density at radius 3 is 2.93 bits per heavy atom. The minimum Gasteiger partial charge on any atom is -0.494 e. The van der Waals surface area contributed by atoms with Gasteiger partial charge in [0.2, 0.25) is 0 Å². The van der Waals surface area contributed by atoms with E-state index in [4.69, 9.17) is 9.84 Å². The van der Waals surface area contributed by atoms with Crippen molar-refractivity contribution in [3.63, 3.8) is 0 Å². The first-order valence-corrected chi connectivity index (χ1v) is 4.17. The fourth-order valence-corrected chi connectivity index (χ4v) is 0.959. The van der Waals surface area contributed by atoms with E-state index in [1.807, 2.05) is 0 Å². The van der Waals surface area contributed by atoms with Crippen molar-refractivity contribution in [2.45, 2.75) is 6.42 Å². The van der Waals surface area contributed by atoms with Gasteiger partial charge in [-0.2, -0.15) is 0 Å². The van der Waals surface area contributed by atoms with Crippen molar-refractivity contribution in [1.82, 2.24) is 0 Å². The van der Waals surface area contributed by atoms with Gasteiger partial charge in [-0.25, -0.2) is 4.39 Å². The van der Waals surface area contributed by atoms with Crippen LogP contribution in [0.5, 0.6) is 5.75 Å². The van der Waals surface area contributed by atoms with E-state index in [-0.39, 0.29) is 12.2 Å². The summed E-state index contributed by atoms with van der Waals surface area (Å²) in [6.45, 7) is 0. The molecule has 0 aromatic heterocycles. The molecule has 1 N–H and O–H groups in total. The van der Waals surface area contributed by atoms with Gasteiger partial charge in [-0.15, -0.1) is 0 Å². The Hall–Kier alpha value is -2.02. The zero-order valence-corrected chi connectivity index (χ0v) is 8.08. The van der Waals surface area contributed by atoms with Crippen molar-refractivity contribution in [2.24, 2.45) is 0 Å². The van der Waals surface area contributed by atoms with Crippen molar-refractivity contribution in [3.05, 3.63) is 29.6 Å². The monoisotopic (exact) mass is 208 g/mol. The zero-order valence-electron chi connectivity index (χ0n) is 8.08. The van der Waals surface area contributed by atoms with Crippen LogP contribution in [0.25, 0.3) is 0 Å². The van der Waals surface area contributed by atoms with Gasteiger partial charge in [0.25, 0.3) is 0 Å². The highest BCUT2D eigenvalue weighted by molar-refractivity contribution is 5.70. The maximum atomic E-state index is 13.0. The van der Waals surface area contributed by atoms with E-state index in [1.54, 1.807) is 0 Å². The smallest absolute Gasteiger partial charge is 0.315 e. The molecule has 4 heteroatoms. The molecule has 1 aromatic carbocycles. The van der Waals surface area contributed by atoms with Crippen molar-refractivity contribution >= 4 is 5.97 Å². The second kappa shape index (κ2) is 5.01. The van der Waals surface area contributed by atoms with Crippen molar-refractivity contribution in [2.75, 3.05) is 7.11 Å². The summed E-state index contributed by atoms with van der Waals surface area (Å²) >= 11 is 0. The summed E-state index contributed by atoms with van der Waals surface area (Å²) in [5.41, 5.74) is 0.523. The number of benzene rings is 1. The van der Waals surface area contributed by atoms with Crippen LogP contribution < -0.4 is 4.74 Å². The summed E-state index contributed by atoms with van der Waals surface area (Å²) in [7, 11) is 1.35. The van der Waals surface area contributed by atoms with Gasteiger partial charge in [0.15, 0.2) is 11.6 Å². The topological polar surface area (TPSA) is 46.5 Å². The summed E-state index contributed by atoms with van der Waals surface area (Å²) in [6, 6.07) is 4.11. The Balaban J connectivity index is 2.85. The van der Waals surface area contributed by atoms with E-state index in [0.29, 0.717) is 5.56 Å². The third kappa shape index (κ3) is 3.31. The van der Waals surface area contributed by atoms with Gasteiger partial charge in [0.1, 0.15) is 6.42 Å². The molecule has 1 rings (SSSR count). The number of hydrogen-bond donors (Lipinski definition) is 1. The van der Waals surface area contributed by atoms with Crippen LogP contribution in [0.3, 0.4) is 0 Å². The third-order valence-corrected chi connectivity index (χ3v) is 1.62. The molecule has 0 aliphatic carbocycles. The van der Waals surface area contributed by atoms with Gasteiger partial charge >= 0.3 is 5.97 Å². The van der Waals surface area contributed by atoms with E-state index in [1.165, 1.54) is 25.3 Å². The molecule has 0 unspecified atom stereocenters. The highest BCUT2D eigenvalue weighted by atomic mass is 19.1. The lowest BCUT2D eigenvalue weighted by atomic mass is 10.2. The molecule has 0 saturated heterocycles. The number of rotatable bonds is 2. The predicted molar refractivity (Wildman–Crippen MR) is 52.1 cm³/mol. The van der Waals surface area contributed by atoms with Crippen LogP contribution in [0.4, 0.5) is 4.39 Å². The molecule has 3 nitrogen and oxygen atoms in total. The molecular formula is C11H9FO3. The molecular weight excluding hydrogens is 199 g/mol. The van der Waals surface area contributed by atoms with E-state index in [0.717, 1.165) is 0 Å². The van der Waals surface area contributed by atoms with Crippen LogP contribution in [-0.4, -0.2) is 18.2 Å². The first kappa shape index (κ1) is 11.1. The average molecular weight is 208 g/mol. The van der Waals surface area contributed by atoms with Crippen molar-refractivity contribution < 1.29 is 19.0 Å². The molecule has 0 atom stereocenters. The molecule has 0 aliphatic heterocycles. The summed E-state index contributed by atoms with van der Waals surface area (Å²) in [6.07, 6.45) is -0.236. The lowest BCUT2D eigenvalue weighted by Crippen LogP contribution is -1.91. The second-order valence-electron chi connectivity index (χ2n) is 2.72. The maximum Gasteiger partial charge on any atom is 0.315 e. The van der Waals surface area contributed by atoms with Crippen molar-refractivity contribution in [1.29, 1.82) is 0 Å². The van der Waals surface area contributed by atoms with Crippen LogP contribution in [0.1, 0.15) is 12.0 Å². The molecule has 15 heavy (non-hydrogen) atoms. The highest BCUT2D eigenvalue weighted by Gasteiger charge is 2.01. The summed E-state index contributed by atoms with van der Waals surface area (Å²) in [5.74, 6) is 3.68. The Labute approximate surface area is 86.5 Å². The van der Waals surface area contributed by atoms with Crippen LogP contribution >= 0.6 is 0 Å². The Bertz CT molecular complexity index is 429. The van der Waals surface area contributed by atoms with Crippen molar-refractivity contribution in [3.8, 4) is 17.6 Å². The average Bonchev–Trinajstić information content (AvgIpc) is 2.20. The number of aliphatic carboxylic acids is 1. The molecule has 1 aromatic rings. The van der Waals surface area contributed by atoms with Gasteiger partial charge in [0.05, 0.1) is 7.11 Å². The zero-order chi connectivity index (χ0) is 11.3. The number of methoxy groups -OCH3 is 1. The van der Waals surface area contributed by atoms with Gasteiger partial charge in [-0.05, 0) is 18.2 Å². The van der Waals surface area contributed by atoms with E-state index in [2.05, 4.69) is 11.8 Å². The minimum atomic E-state index is -0.989. The first-order chi connectivity index (χ1) is 7.13. The second-order valence-corrected chi connectivity index (χ2v) is 2.72. The molecule has 0 radical (unpaired) electrons. The molecule has 0 heterocycles. The largest absolute Gasteiger partial charge is 0.494 e. The van der Waals surface area contributed by atoms with Gasteiger partial charge in [0, 0.05) is 5.56 Å². The third-order valence-electron chi connectivity index (χ3n) is 1.62. The number of carboxylic acid groups (broad SMARTS) is 1. The number of halogens is 1. The SMILES string of the molecule is COc1cc(C#CCC(=O)O)ccc1F. The molecule has 0 aliphatic rings. The molecule has 0 saturated carbocycles. The van der Waals surface area contributed by atoms with Gasteiger partial charge in [-0.3, -0.25) is 4.79 Å². The van der Waals surface area contributed by atoms with E-state index < -0.39 is 11.8 Å². The minimum absolute atomic E-state index is 0.0946. The fraction of sp³-hybridized carbons (Fsp3) is 0.182. The van der Waals surface area contributed by atoms with Crippen LogP contribution in [0.15, 0.2) is 18.2 Å². The fourth-order valence-electron chi connectivity index (χ4n) is 0.959. The number of carbonyl (C=O) groups is 1. The molecule has 0 fully saturated rings. The number of ether oxygens (including phenoxy) is 1. The molecule has 0 bridgehead atoms. The van der Waals surface area contributed by atoms with E-state index >= 15 is 0 Å². The summed E-state index contributed by atoms with van der Waals surface area (Å²) < 4.78 is 17.7. The lowest BCUT2D eigenvalue weighted by molar-refractivity contribution is -0.135. The van der Waals surface area contributed by atoms with Gasteiger partial charge < -0.3 is 9.84 Å². The summed E-state index contributed by atoms with van der Waals surface area (Å²) in [4.78, 5) is 10.2. The number of carboxylic acids is 1. The summed E-state index contributed by atoms with van der Waals surface area (Å²) in [5, 5.41) is 8.35. The number of hydrogen-bond acceptors (Lipinski definition) is 2. The van der Waals surface area contributed by atoms with Gasteiger partial charge in [-0.1, -0.05) is 11.8 Å². The van der Waals surface area contributed by atoms with Crippen LogP contribution in [0, 0.1) is 17.7 Å². The maximum absolute atomic E-state index is 13.0. The quantitative estimate of drug-likeness (QED) is 0.752. The lowest BCUT2D eigenvalue weighted by Gasteiger charge is -2.00. The molecule has 78 valence electrons. The van der Waals surface area contributed by atoms with E-state index in [9.17, 15) is 9.18 Å². The highest BCUT2D eigenvalue weighted by Crippen LogP contribution is 2.17. The standard InChI is InChI=1S/C11H9FO3/c1-15-10-7-8(5-6-9(10)12)3-2-4-11(13)14/h5-7H,4H2,1H3,(H,13,14). The normalized spacial score (nSPS) is 8.93. The van der Waals surface area contributed by atoms with Crippen LogP contribution in [0.2, 0.25) is 0 Å².